The van der Waals surface area contributed by atoms with Crippen LogP contribution in [0.15, 0.2) is 364 Å². The Hall–Kier alpha value is -15.6. The first-order valence-electron chi connectivity index (χ1n) is 38.0. The zero-order chi connectivity index (χ0) is 75.6. The molecule has 10 nitrogen and oxygen atoms in total. The van der Waals surface area contributed by atoms with Crippen molar-refractivity contribution in [2.45, 2.75) is 10.8 Å². The molecule has 114 heavy (non-hydrogen) atoms. The molecule has 2 aliphatic carbocycles. The molecule has 0 amide bonds. The maximum atomic E-state index is 11.2. The van der Waals surface area contributed by atoms with Crippen LogP contribution in [-0.4, -0.2) is 29.9 Å². The highest BCUT2D eigenvalue weighted by Gasteiger charge is 2.53. The summed E-state index contributed by atoms with van der Waals surface area (Å²) >= 11 is 0. The molecule has 2 aliphatic heterocycles. The van der Waals surface area contributed by atoms with Crippen molar-refractivity contribution >= 4 is 10.8 Å². The Balaban J connectivity index is 0.672. The highest BCUT2D eigenvalue weighted by molar-refractivity contribution is 5.96. The average Bonchev–Trinajstić information content (AvgIpc) is 1.51. The predicted octanol–water partition coefficient (Wildman–Crippen LogP) is 24.6. The van der Waals surface area contributed by atoms with Gasteiger partial charge in [0.1, 0.15) is 23.0 Å². The van der Waals surface area contributed by atoms with Crippen LogP contribution < -0.4 is 9.47 Å². The SMILES string of the molecule is N#Cc1cccc(-c2ccc3c(c2)-c2cc(-c4nc(-c5ccc(-c6ccc(C#N)c(-c7ccc8c(c7)-c7cc(-c9nc(-c%10ccccc%10)nc(-c%10ccc%11ccccc%11c%10)n9)ccc7C87c8ccccc8Oc8ccccc87)c6)cc5)nc(-c5cccc(-c6ccccc6)c5)n4)ccc2C32c3ccccc3Oc3ccccc32)c1. The largest absolute Gasteiger partial charge is 0.457 e. The van der Waals surface area contributed by atoms with Crippen LogP contribution in [0.2, 0.25) is 0 Å². The minimum Gasteiger partial charge on any atom is -0.457 e. The first-order chi connectivity index (χ1) is 56.3. The van der Waals surface area contributed by atoms with E-state index in [4.69, 9.17) is 39.4 Å². The van der Waals surface area contributed by atoms with Crippen LogP contribution in [0.4, 0.5) is 0 Å². The van der Waals surface area contributed by atoms with Gasteiger partial charge in [0.25, 0.3) is 0 Å². The number of nitriles is 2. The molecule has 2 aromatic heterocycles. The minimum atomic E-state index is -0.785. The van der Waals surface area contributed by atoms with Gasteiger partial charge in [-0.15, -0.1) is 0 Å². The van der Waals surface area contributed by atoms with Crippen LogP contribution in [0.3, 0.4) is 0 Å². The summed E-state index contributed by atoms with van der Waals surface area (Å²) in [4.78, 5) is 31.9. The lowest BCUT2D eigenvalue weighted by atomic mass is 9.66. The van der Waals surface area contributed by atoms with Crippen LogP contribution >= 0.6 is 0 Å². The van der Waals surface area contributed by atoms with Crippen LogP contribution in [0, 0.1) is 22.7 Å². The number of nitrogens with zero attached hydrogens (tertiary/aromatic N) is 8. The molecule has 0 unspecified atom stereocenters. The fraction of sp³-hybridized carbons (Fsp3) is 0.0192. The van der Waals surface area contributed by atoms with Gasteiger partial charge in [-0.05, 0) is 179 Å². The van der Waals surface area contributed by atoms with Crippen LogP contribution in [0.5, 0.6) is 23.0 Å². The Labute approximate surface area is 657 Å². The van der Waals surface area contributed by atoms with Crippen molar-refractivity contribution in [2.24, 2.45) is 0 Å². The summed E-state index contributed by atoms with van der Waals surface area (Å²) in [7, 11) is 0. The molecule has 2 spiro atoms. The molecular formula is C104H60N8O2. The molecule has 528 valence electrons. The smallest absolute Gasteiger partial charge is 0.164 e. The highest BCUT2D eigenvalue weighted by atomic mass is 16.5. The third-order valence-corrected chi connectivity index (χ3v) is 23.2. The summed E-state index contributed by atoms with van der Waals surface area (Å²) < 4.78 is 13.5. The van der Waals surface area contributed by atoms with Crippen molar-refractivity contribution in [3.63, 3.8) is 0 Å². The quantitative estimate of drug-likeness (QED) is 0.130. The van der Waals surface area contributed by atoms with Crippen molar-refractivity contribution in [1.82, 2.24) is 29.9 Å². The molecule has 4 aliphatic rings. The monoisotopic (exact) mass is 1450 g/mol. The number of rotatable bonds is 10. The Morgan fingerprint density at radius 2 is 0.518 bits per heavy atom. The van der Waals surface area contributed by atoms with Gasteiger partial charge < -0.3 is 9.47 Å². The van der Waals surface area contributed by atoms with Gasteiger partial charge in [-0.25, -0.2) is 29.9 Å². The Bertz CT molecular complexity index is 7070. The van der Waals surface area contributed by atoms with E-state index >= 15 is 0 Å². The molecule has 0 bridgehead atoms. The van der Waals surface area contributed by atoms with Crippen molar-refractivity contribution < 1.29 is 9.47 Å². The topological polar surface area (TPSA) is 143 Å². The minimum absolute atomic E-state index is 0.503. The van der Waals surface area contributed by atoms with Crippen LogP contribution in [-0.2, 0) is 10.8 Å². The van der Waals surface area contributed by atoms with Gasteiger partial charge in [-0.1, -0.05) is 279 Å². The fourth-order valence-electron chi connectivity index (χ4n) is 18.0. The fourth-order valence-corrected chi connectivity index (χ4v) is 18.0. The maximum absolute atomic E-state index is 11.2. The van der Waals surface area contributed by atoms with Gasteiger partial charge >= 0.3 is 0 Å². The molecule has 10 heteroatoms. The molecule has 0 saturated heterocycles. The average molecular weight is 1450 g/mol. The molecule has 4 heterocycles. The lowest BCUT2D eigenvalue weighted by Crippen LogP contribution is -2.32. The second-order valence-electron chi connectivity index (χ2n) is 29.4. The van der Waals surface area contributed by atoms with Crippen molar-refractivity contribution in [3.8, 4) is 170 Å². The molecule has 0 N–H and O–H groups in total. The van der Waals surface area contributed by atoms with E-state index in [9.17, 15) is 10.5 Å². The van der Waals surface area contributed by atoms with Crippen LogP contribution in [0.1, 0.15) is 55.6 Å². The number of hydrogen-bond acceptors (Lipinski definition) is 10. The summed E-state index contributed by atoms with van der Waals surface area (Å²) in [5.41, 5.74) is 25.0. The molecule has 0 fully saturated rings. The lowest BCUT2D eigenvalue weighted by molar-refractivity contribution is 0.436. The van der Waals surface area contributed by atoms with Crippen molar-refractivity contribution in [3.05, 3.63) is 420 Å². The van der Waals surface area contributed by atoms with E-state index in [1.54, 1.807) is 0 Å². The van der Waals surface area contributed by atoms with E-state index < -0.39 is 10.8 Å². The first-order valence-corrected chi connectivity index (χ1v) is 38.0. The first kappa shape index (κ1) is 65.5. The van der Waals surface area contributed by atoms with Crippen molar-refractivity contribution in [2.75, 3.05) is 0 Å². The highest BCUT2D eigenvalue weighted by Crippen LogP contribution is 2.65. The zero-order valence-electron chi connectivity index (χ0n) is 61.0. The van der Waals surface area contributed by atoms with E-state index in [0.29, 0.717) is 46.1 Å². The third kappa shape index (κ3) is 10.3. The second-order valence-corrected chi connectivity index (χ2v) is 29.4. The number of hydrogen-bond donors (Lipinski definition) is 0. The molecule has 0 atom stereocenters. The number of aromatic nitrogens is 6. The van der Waals surface area contributed by atoms with E-state index in [0.717, 1.165) is 178 Å². The third-order valence-electron chi connectivity index (χ3n) is 23.2. The molecule has 18 aromatic rings. The van der Waals surface area contributed by atoms with E-state index in [2.05, 4.69) is 285 Å². The van der Waals surface area contributed by atoms with Crippen LogP contribution in [0.25, 0.3) is 146 Å². The Morgan fingerprint density at radius 3 is 1.04 bits per heavy atom. The normalized spacial score (nSPS) is 13.0. The number of benzene rings is 16. The van der Waals surface area contributed by atoms with Gasteiger partial charge in [-0.3, -0.25) is 0 Å². The predicted molar refractivity (Wildman–Crippen MR) is 449 cm³/mol. The van der Waals surface area contributed by atoms with Gasteiger partial charge in [-0.2, -0.15) is 10.5 Å². The molecule has 16 aromatic carbocycles. The zero-order valence-corrected chi connectivity index (χ0v) is 61.0. The Kier molecular flexibility index (Phi) is 15.0. The van der Waals surface area contributed by atoms with E-state index in [1.165, 1.54) is 0 Å². The van der Waals surface area contributed by atoms with Gasteiger partial charge in [0, 0.05) is 61.2 Å². The standard InChI is InChI=1S/C104H60N8O2/c105-61-63-19-17-26-69(53-63)73-45-49-85-81(57-73)83-59-77(47-51-87(83)103(85)89-29-9-13-33-93(89)113-94-34-14-10-30-90(94)103)102-110-98(109-99(111-102)75-28-18-27-71(54-75)64-20-3-1-4-21-64)68-40-37-66(38-41-68)72-42-44-79(62-106)80(56-72)74-46-50-86-82(58-74)84-60-78(48-52-88(84)104(86)91-31-11-15-35-95(91)114-96-36-16-12-32-92(96)104)101-108-97(67-23-5-2-6-24-67)107-100(112-101)76-43-39-65-22-7-8-25-70(65)55-76/h1-60H. The Morgan fingerprint density at radius 1 is 0.202 bits per heavy atom. The molecular weight excluding hydrogens is 1390 g/mol. The van der Waals surface area contributed by atoms with Gasteiger partial charge in [0.15, 0.2) is 34.9 Å². The van der Waals surface area contributed by atoms with E-state index in [1.807, 2.05) is 91.0 Å². The summed E-state index contributed by atoms with van der Waals surface area (Å²) in [5, 5.41) is 23.4. The summed E-state index contributed by atoms with van der Waals surface area (Å²) in [6.45, 7) is 0. The summed E-state index contributed by atoms with van der Waals surface area (Å²) in [6.07, 6.45) is 0. The number of fused-ring (bicyclic) bond motifs is 19. The summed E-state index contributed by atoms with van der Waals surface area (Å²) in [5.74, 6) is 6.39. The molecule has 22 rings (SSSR count). The number of para-hydroxylation sites is 4. The van der Waals surface area contributed by atoms with Gasteiger partial charge in [0.05, 0.1) is 34.1 Å². The lowest BCUT2D eigenvalue weighted by Gasteiger charge is -2.39. The van der Waals surface area contributed by atoms with Crippen molar-refractivity contribution in [1.29, 1.82) is 10.5 Å². The molecule has 0 saturated carbocycles. The second kappa shape index (κ2) is 26.0. The summed E-state index contributed by atoms with van der Waals surface area (Å²) in [6, 6.07) is 131. The number of ether oxygens (including phenoxy) is 2. The molecule has 0 radical (unpaired) electrons. The van der Waals surface area contributed by atoms with E-state index in [-0.39, 0.29) is 0 Å². The van der Waals surface area contributed by atoms with Gasteiger partial charge in [0.2, 0.25) is 0 Å². The maximum Gasteiger partial charge on any atom is 0.164 e.